The quantitative estimate of drug-likeness (QED) is 0.305. The number of aromatic amines is 1. The first-order valence-electron chi connectivity index (χ1n) is 10.6. The van der Waals surface area contributed by atoms with Crippen LogP contribution in [-0.2, 0) is 11.2 Å². The Labute approximate surface area is 181 Å². The third-order valence-electron chi connectivity index (χ3n) is 5.23. The number of H-pyrrole nitrogens is 1. The molecule has 10 nitrogen and oxygen atoms in total. The molecule has 166 valence electrons. The number of nitrogens with zero attached hydrogens (tertiary/aromatic N) is 4. The third kappa shape index (κ3) is 5.39. The molecule has 31 heavy (non-hydrogen) atoms. The lowest BCUT2D eigenvalue weighted by molar-refractivity contribution is -0.129. The van der Waals surface area contributed by atoms with Crippen LogP contribution in [0.4, 0.5) is 11.8 Å². The molecule has 10 heteroatoms. The van der Waals surface area contributed by atoms with E-state index in [2.05, 4.69) is 51.2 Å². The zero-order chi connectivity index (χ0) is 22.4. The van der Waals surface area contributed by atoms with Crippen molar-refractivity contribution in [3.63, 3.8) is 0 Å². The second-order valence-electron chi connectivity index (χ2n) is 8.09. The van der Waals surface area contributed by atoms with Crippen LogP contribution in [0.2, 0.25) is 0 Å². The molecule has 6 N–H and O–H groups in total. The molecule has 1 aliphatic heterocycles. The number of nitrogen functional groups attached to an aromatic ring is 1. The van der Waals surface area contributed by atoms with Crippen LogP contribution in [0.25, 0.3) is 11.0 Å². The normalized spacial score (nSPS) is 17.1. The van der Waals surface area contributed by atoms with E-state index in [1.807, 2.05) is 4.90 Å². The van der Waals surface area contributed by atoms with Gasteiger partial charge in [0.25, 0.3) is 0 Å². The summed E-state index contributed by atoms with van der Waals surface area (Å²) in [5.41, 5.74) is 8.02. The summed E-state index contributed by atoms with van der Waals surface area (Å²) >= 11 is 0. The average Bonchev–Trinajstić information content (AvgIpc) is 3.15. The molecule has 1 unspecified atom stereocenters. The highest BCUT2D eigenvalue weighted by molar-refractivity contribution is 5.90. The molecule has 3 heterocycles. The van der Waals surface area contributed by atoms with Gasteiger partial charge in [-0.3, -0.25) is 9.89 Å². The van der Waals surface area contributed by atoms with Crippen molar-refractivity contribution in [2.75, 3.05) is 24.1 Å². The van der Waals surface area contributed by atoms with Gasteiger partial charge in [0.1, 0.15) is 5.82 Å². The summed E-state index contributed by atoms with van der Waals surface area (Å²) in [6, 6.07) is 0.0439. The van der Waals surface area contributed by atoms with E-state index in [-0.39, 0.29) is 17.9 Å². The largest absolute Gasteiger partial charge is 0.389 e. The summed E-state index contributed by atoms with van der Waals surface area (Å²) < 4.78 is 0. The highest BCUT2D eigenvalue weighted by atomic mass is 16.2. The Morgan fingerprint density at radius 3 is 2.94 bits per heavy atom. The minimum atomic E-state index is -0.0581. The zero-order valence-corrected chi connectivity index (χ0v) is 18.1. The molecule has 2 aromatic rings. The Bertz CT molecular complexity index is 979. The van der Waals surface area contributed by atoms with Crippen LogP contribution in [0.5, 0.6) is 0 Å². The lowest BCUT2D eigenvalue weighted by Gasteiger charge is -2.34. The van der Waals surface area contributed by atoms with Crippen molar-refractivity contribution in [3.05, 3.63) is 30.2 Å². The van der Waals surface area contributed by atoms with Gasteiger partial charge in [-0.15, -0.1) is 0 Å². The number of amides is 1. The lowest BCUT2D eigenvalue weighted by atomic mass is 9.97. The van der Waals surface area contributed by atoms with Gasteiger partial charge in [0.15, 0.2) is 5.65 Å². The maximum atomic E-state index is 12.2. The molecule has 1 amide bonds. The Morgan fingerprint density at radius 2 is 2.23 bits per heavy atom. The summed E-state index contributed by atoms with van der Waals surface area (Å²) in [5.74, 6) is 1.00. The summed E-state index contributed by atoms with van der Waals surface area (Å²) in [7, 11) is 0. The standard InChI is InChI=1S/C21H31N9O/c1-4-17(31)30-8-6-5-7-15(30)9-16-18-19(23)26-21(27-20(18)29-28-16)25-14(10-22)12-24-11-13(2)3/h4,10,12-13,15,22,24H,1,5-9,11H2,2-3H3,(H4,23,25,26,27,28,29)/b14-12+,22-10?. The number of carbonyl (C=O) groups excluding carboxylic acids is 1. The molecule has 0 spiro atoms. The van der Waals surface area contributed by atoms with Crippen LogP contribution >= 0.6 is 0 Å². The van der Waals surface area contributed by atoms with E-state index in [0.29, 0.717) is 34.9 Å². The number of nitrogens with one attached hydrogen (secondary N) is 4. The Kier molecular flexibility index (Phi) is 7.22. The fourth-order valence-electron chi connectivity index (χ4n) is 3.71. The first-order valence-corrected chi connectivity index (χ1v) is 10.6. The maximum Gasteiger partial charge on any atom is 0.246 e. The minimum absolute atomic E-state index is 0.0439. The highest BCUT2D eigenvalue weighted by Gasteiger charge is 2.27. The van der Waals surface area contributed by atoms with Gasteiger partial charge in [0, 0.05) is 38.0 Å². The molecule has 0 aliphatic carbocycles. The van der Waals surface area contributed by atoms with Crippen LogP contribution < -0.4 is 16.4 Å². The van der Waals surface area contributed by atoms with Gasteiger partial charge in [-0.1, -0.05) is 20.4 Å². The maximum absolute atomic E-state index is 12.2. The van der Waals surface area contributed by atoms with Crippen LogP contribution in [0.3, 0.4) is 0 Å². The molecule has 1 saturated heterocycles. The number of nitrogens with two attached hydrogens (primary N) is 1. The predicted molar refractivity (Wildman–Crippen MR) is 123 cm³/mol. The molecule has 1 fully saturated rings. The number of carbonyl (C=O) groups is 1. The fourth-order valence-corrected chi connectivity index (χ4v) is 3.71. The van der Waals surface area contributed by atoms with Gasteiger partial charge in [0.05, 0.1) is 16.8 Å². The van der Waals surface area contributed by atoms with Crippen LogP contribution in [-0.4, -0.2) is 56.3 Å². The Balaban J connectivity index is 1.80. The van der Waals surface area contributed by atoms with Gasteiger partial charge in [0.2, 0.25) is 11.9 Å². The van der Waals surface area contributed by atoms with Crippen molar-refractivity contribution < 1.29 is 4.79 Å². The van der Waals surface area contributed by atoms with Crippen molar-refractivity contribution >= 4 is 34.9 Å². The van der Waals surface area contributed by atoms with E-state index >= 15 is 0 Å². The number of likely N-dealkylation sites (tertiary alicyclic amines) is 1. The van der Waals surface area contributed by atoms with E-state index in [4.69, 9.17) is 11.1 Å². The van der Waals surface area contributed by atoms with Gasteiger partial charge < -0.3 is 26.7 Å². The van der Waals surface area contributed by atoms with Gasteiger partial charge >= 0.3 is 0 Å². The number of rotatable bonds is 9. The number of anilines is 2. The zero-order valence-electron chi connectivity index (χ0n) is 18.1. The number of hydrogen-bond donors (Lipinski definition) is 5. The number of hydrogen-bond acceptors (Lipinski definition) is 8. The molecule has 0 bridgehead atoms. The molecule has 3 rings (SSSR count). The second kappa shape index (κ2) is 10.1. The summed E-state index contributed by atoms with van der Waals surface area (Å²) in [6.07, 6.45) is 7.80. The summed E-state index contributed by atoms with van der Waals surface area (Å²) in [5, 5.41) is 21.7. The van der Waals surface area contributed by atoms with Crippen LogP contribution in [0.1, 0.15) is 38.8 Å². The fraction of sp³-hybridized carbons (Fsp3) is 0.476. The SMILES string of the molecule is C=CC(=O)N1CCCCC1Cc1n[nH]c2nc(N/C(C=N)=C/NCC(C)C)nc(N)c12. The van der Waals surface area contributed by atoms with E-state index in [0.717, 1.165) is 38.0 Å². The van der Waals surface area contributed by atoms with Crippen molar-refractivity contribution in [3.8, 4) is 0 Å². The number of piperidine rings is 1. The van der Waals surface area contributed by atoms with E-state index in [9.17, 15) is 4.79 Å². The summed E-state index contributed by atoms with van der Waals surface area (Å²) in [4.78, 5) is 22.9. The molecular formula is C21H31N9O. The topological polar surface area (TPSA) is 149 Å². The highest BCUT2D eigenvalue weighted by Crippen LogP contribution is 2.27. The molecule has 0 aromatic carbocycles. The van der Waals surface area contributed by atoms with Crippen molar-refractivity contribution in [2.24, 2.45) is 5.92 Å². The van der Waals surface area contributed by atoms with Crippen LogP contribution in [0.15, 0.2) is 24.6 Å². The molecular weight excluding hydrogens is 394 g/mol. The third-order valence-corrected chi connectivity index (χ3v) is 5.23. The second-order valence-corrected chi connectivity index (χ2v) is 8.09. The molecule has 0 radical (unpaired) electrons. The number of aromatic nitrogens is 4. The van der Waals surface area contributed by atoms with Gasteiger partial charge in [-0.05, 0) is 31.3 Å². The molecule has 2 aromatic heterocycles. The molecule has 1 aliphatic rings. The van der Waals surface area contributed by atoms with Crippen molar-refractivity contribution in [1.29, 1.82) is 5.41 Å². The van der Waals surface area contributed by atoms with E-state index in [1.165, 1.54) is 12.3 Å². The monoisotopic (exact) mass is 425 g/mol. The predicted octanol–water partition coefficient (Wildman–Crippen LogP) is 2.19. The van der Waals surface area contributed by atoms with Gasteiger partial charge in [-0.25, -0.2) is 0 Å². The lowest BCUT2D eigenvalue weighted by Crippen LogP contribution is -2.44. The van der Waals surface area contributed by atoms with Gasteiger partial charge in [-0.2, -0.15) is 15.1 Å². The smallest absolute Gasteiger partial charge is 0.246 e. The number of allylic oxidation sites excluding steroid dienone is 1. The van der Waals surface area contributed by atoms with E-state index < -0.39 is 0 Å². The molecule has 0 saturated carbocycles. The summed E-state index contributed by atoms with van der Waals surface area (Å²) in [6.45, 7) is 9.33. The average molecular weight is 426 g/mol. The Morgan fingerprint density at radius 1 is 1.42 bits per heavy atom. The molecule has 1 atom stereocenters. The minimum Gasteiger partial charge on any atom is -0.389 e. The first kappa shape index (κ1) is 22.3. The van der Waals surface area contributed by atoms with Crippen molar-refractivity contribution in [2.45, 2.75) is 45.6 Å². The Hall–Kier alpha value is -3.43. The van der Waals surface area contributed by atoms with E-state index in [1.54, 1.807) is 6.20 Å². The van der Waals surface area contributed by atoms with Crippen molar-refractivity contribution in [1.82, 2.24) is 30.4 Å². The first-order chi connectivity index (χ1) is 14.9. The number of fused-ring (bicyclic) bond motifs is 1. The van der Waals surface area contributed by atoms with Crippen LogP contribution in [0, 0.1) is 11.3 Å².